The zero-order valence-corrected chi connectivity index (χ0v) is 9.58. The molecule has 1 heterocycles. The summed E-state index contributed by atoms with van der Waals surface area (Å²) in [7, 11) is 0. The summed E-state index contributed by atoms with van der Waals surface area (Å²) in [5.74, 6) is 0. The van der Waals surface area contributed by atoms with E-state index in [-0.39, 0.29) is 0 Å². The summed E-state index contributed by atoms with van der Waals surface area (Å²) in [5, 5.41) is 7.40. The van der Waals surface area contributed by atoms with E-state index in [9.17, 15) is 4.79 Å². The van der Waals surface area contributed by atoms with Crippen LogP contribution in [0.3, 0.4) is 0 Å². The Kier molecular flexibility index (Phi) is 3.06. The van der Waals surface area contributed by atoms with Gasteiger partial charge in [-0.05, 0) is 24.1 Å². The molecule has 3 nitrogen and oxygen atoms in total. The minimum atomic E-state index is 0.594. The largest absolute Gasteiger partial charge is 0.298 e. The van der Waals surface area contributed by atoms with Crippen molar-refractivity contribution in [3.63, 3.8) is 0 Å². The number of carbonyl (C=O) groups is 1. The molecule has 0 unspecified atom stereocenters. The fourth-order valence-corrected chi connectivity index (χ4v) is 1.72. The Hall–Kier alpha value is -1.61. The van der Waals surface area contributed by atoms with Gasteiger partial charge in [-0.3, -0.25) is 9.89 Å². The Balaban J connectivity index is 2.27. The average molecular weight is 235 g/mol. The number of H-pyrrole nitrogens is 1. The van der Waals surface area contributed by atoms with Gasteiger partial charge in [0.1, 0.15) is 0 Å². The third-order valence-corrected chi connectivity index (χ3v) is 2.90. The lowest BCUT2D eigenvalue weighted by atomic mass is 10.1. The highest BCUT2D eigenvalue weighted by atomic mass is 35.5. The number of aryl methyl sites for hydroxylation is 1. The van der Waals surface area contributed by atoms with Gasteiger partial charge in [0.05, 0.1) is 17.5 Å². The Morgan fingerprint density at radius 3 is 3.00 bits per heavy atom. The molecule has 2 aromatic rings. The molecule has 0 spiro atoms. The average Bonchev–Trinajstić information content (AvgIpc) is 2.71. The number of hydrogen-bond acceptors (Lipinski definition) is 2. The van der Waals surface area contributed by atoms with E-state index in [1.807, 2.05) is 25.1 Å². The lowest BCUT2D eigenvalue weighted by Crippen LogP contribution is -1.93. The summed E-state index contributed by atoms with van der Waals surface area (Å²) < 4.78 is 0. The molecule has 0 bridgehead atoms. The molecule has 1 N–H and O–H groups in total. The van der Waals surface area contributed by atoms with Crippen LogP contribution in [0.25, 0.3) is 0 Å². The third-order valence-electron chi connectivity index (χ3n) is 2.50. The van der Waals surface area contributed by atoms with Crippen LogP contribution < -0.4 is 0 Å². The molecule has 0 saturated carbocycles. The summed E-state index contributed by atoms with van der Waals surface area (Å²) in [6, 6.07) is 5.87. The molecular weight excluding hydrogens is 224 g/mol. The SMILES string of the molecule is Cc1ccc(Cc2[nH]ncc2C=O)cc1Cl. The van der Waals surface area contributed by atoms with Gasteiger partial charge in [0.15, 0.2) is 6.29 Å². The van der Waals surface area contributed by atoms with Gasteiger partial charge >= 0.3 is 0 Å². The maximum atomic E-state index is 10.7. The van der Waals surface area contributed by atoms with Crippen molar-refractivity contribution in [1.82, 2.24) is 10.2 Å². The van der Waals surface area contributed by atoms with Gasteiger partial charge in [0.2, 0.25) is 0 Å². The van der Waals surface area contributed by atoms with Gasteiger partial charge in [0.25, 0.3) is 0 Å². The quantitative estimate of drug-likeness (QED) is 0.830. The van der Waals surface area contributed by atoms with E-state index >= 15 is 0 Å². The van der Waals surface area contributed by atoms with E-state index in [1.54, 1.807) is 0 Å². The van der Waals surface area contributed by atoms with Crippen LogP contribution in [0.5, 0.6) is 0 Å². The maximum absolute atomic E-state index is 10.7. The van der Waals surface area contributed by atoms with Crippen molar-refractivity contribution < 1.29 is 4.79 Å². The van der Waals surface area contributed by atoms with Crippen LogP contribution in [-0.2, 0) is 6.42 Å². The zero-order valence-electron chi connectivity index (χ0n) is 8.83. The second kappa shape index (κ2) is 4.49. The number of nitrogens with one attached hydrogen (secondary N) is 1. The summed E-state index contributed by atoms with van der Waals surface area (Å²) in [6.45, 7) is 1.96. The van der Waals surface area contributed by atoms with Crippen molar-refractivity contribution in [1.29, 1.82) is 0 Å². The molecule has 16 heavy (non-hydrogen) atoms. The molecule has 0 atom stereocenters. The van der Waals surface area contributed by atoms with E-state index in [1.165, 1.54) is 6.20 Å². The molecule has 0 saturated heterocycles. The molecule has 4 heteroatoms. The number of hydrogen-bond donors (Lipinski definition) is 1. The van der Waals surface area contributed by atoms with E-state index in [0.717, 1.165) is 28.1 Å². The number of carbonyl (C=O) groups excluding carboxylic acids is 1. The summed E-state index contributed by atoms with van der Waals surface area (Å²) in [6.07, 6.45) is 2.96. The van der Waals surface area contributed by atoms with E-state index < -0.39 is 0 Å². The van der Waals surface area contributed by atoms with Crippen molar-refractivity contribution in [2.24, 2.45) is 0 Å². The molecule has 0 fully saturated rings. The predicted octanol–water partition coefficient (Wildman–Crippen LogP) is 2.77. The third kappa shape index (κ3) is 2.14. The lowest BCUT2D eigenvalue weighted by Gasteiger charge is -2.03. The number of benzene rings is 1. The molecular formula is C12H11ClN2O. The van der Waals surface area contributed by atoms with Crippen LogP contribution >= 0.6 is 11.6 Å². The van der Waals surface area contributed by atoms with E-state index in [4.69, 9.17) is 11.6 Å². The minimum Gasteiger partial charge on any atom is -0.298 e. The van der Waals surface area contributed by atoms with Crippen molar-refractivity contribution in [2.75, 3.05) is 0 Å². The van der Waals surface area contributed by atoms with Crippen LogP contribution in [-0.4, -0.2) is 16.5 Å². The van der Waals surface area contributed by atoms with Gasteiger partial charge in [-0.2, -0.15) is 5.10 Å². The fraction of sp³-hybridized carbons (Fsp3) is 0.167. The smallest absolute Gasteiger partial charge is 0.153 e. The molecule has 1 aromatic carbocycles. The number of aldehydes is 1. The Morgan fingerprint density at radius 2 is 2.31 bits per heavy atom. The minimum absolute atomic E-state index is 0.594. The van der Waals surface area contributed by atoms with Crippen molar-refractivity contribution in [3.05, 3.63) is 51.8 Å². The van der Waals surface area contributed by atoms with Gasteiger partial charge in [-0.15, -0.1) is 0 Å². The lowest BCUT2D eigenvalue weighted by molar-refractivity contribution is 0.112. The maximum Gasteiger partial charge on any atom is 0.153 e. The molecule has 0 aliphatic carbocycles. The number of aromatic nitrogens is 2. The number of halogens is 1. The standard InChI is InChI=1S/C12H11ClN2O/c1-8-2-3-9(4-11(8)13)5-12-10(7-16)6-14-15-12/h2-4,6-7H,5H2,1H3,(H,14,15). The normalized spacial score (nSPS) is 10.4. The first-order chi connectivity index (χ1) is 7.70. The first-order valence-corrected chi connectivity index (χ1v) is 5.31. The molecule has 2 rings (SSSR count). The monoisotopic (exact) mass is 234 g/mol. The van der Waals surface area contributed by atoms with Crippen LogP contribution in [0.4, 0.5) is 0 Å². The Bertz CT molecular complexity index is 519. The van der Waals surface area contributed by atoms with Crippen molar-refractivity contribution in [3.8, 4) is 0 Å². The molecule has 0 aliphatic rings. The second-order valence-corrected chi connectivity index (χ2v) is 4.09. The summed E-state index contributed by atoms with van der Waals surface area (Å²) in [4.78, 5) is 10.7. The molecule has 0 radical (unpaired) electrons. The van der Waals surface area contributed by atoms with Crippen LogP contribution in [0.15, 0.2) is 24.4 Å². The Labute approximate surface area is 98.4 Å². The van der Waals surface area contributed by atoms with Crippen LogP contribution in [0, 0.1) is 6.92 Å². The van der Waals surface area contributed by atoms with Gasteiger partial charge in [-0.25, -0.2) is 0 Å². The number of aromatic amines is 1. The molecule has 1 aromatic heterocycles. The summed E-state index contributed by atoms with van der Waals surface area (Å²) >= 11 is 6.03. The van der Waals surface area contributed by atoms with Gasteiger partial charge in [0, 0.05) is 11.4 Å². The summed E-state index contributed by atoms with van der Waals surface area (Å²) in [5.41, 5.74) is 3.51. The highest BCUT2D eigenvalue weighted by molar-refractivity contribution is 6.31. The van der Waals surface area contributed by atoms with Crippen LogP contribution in [0.1, 0.15) is 27.2 Å². The Morgan fingerprint density at radius 1 is 1.50 bits per heavy atom. The van der Waals surface area contributed by atoms with Gasteiger partial charge < -0.3 is 0 Å². The number of nitrogens with zero attached hydrogens (tertiary/aromatic N) is 1. The first kappa shape index (κ1) is 10.9. The van der Waals surface area contributed by atoms with Crippen molar-refractivity contribution in [2.45, 2.75) is 13.3 Å². The topological polar surface area (TPSA) is 45.8 Å². The van der Waals surface area contributed by atoms with Crippen molar-refractivity contribution >= 4 is 17.9 Å². The molecule has 0 aliphatic heterocycles. The fourth-order valence-electron chi connectivity index (χ4n) is 1.52. The highest BCUT2D eigenvalue weighted by Crippen LogP contribution is 2.19. The zero-order chi connectivity index (χ0) is 11.5. The van der Waals surface area contributed by atoms with E-state index in [2.05, 4.69) is 10.2 Å². The first-order valence-electron chi connectivity index (χ1n) is 4.93. The van der Waals surface area contributed by atoms with Gasteiger partial charge in [-0.1, -0.05) is 23.7 Å². The molecule has 0 amide bonds. The molecule has 82 valence electrons. The van der Waals surface area contributed by atoms with Crippen LogP contribution in [0.2, 0.25) is 5.02 Å². The predicted molar refractivity (Wildman–Crippen MR) is 63.0 cm³/mol. The second-order valence-electron chi connectivity index (χ2n) is 3.68. The van der Waals surface area contributed by atoms with E-state index in [0.29, 0.717) is 12.0 Å². The highest BCUT2D eigenvalue weighted by Gasteiger charge is 2.06. The number of rotatable bonds is 3.